The van der Waals surface area contributed by atoms with E-state index in [1.807, 2.05) is 0 Å². The topological polar surface area (TPSA) is 46.2 Å². The first-order valence-electron chi connectivity index (χ1n) is 5.95. The van der Waals surface area contributed by atoms with Crippen LogP contribution in [-0.4, -0.2) is 32.5 Å². The van der Waals surface area contributed by atoms with Gasteiger partial charge in [-0.25, -0.2) is 8.42 Å². The number of sulfone groups is 1. The zero-order valence-corrected chi connectivity index (χ0v) is 11.1. The van der Waals surface area contributed by atoms with E-state index in [2.05, 4.69) is 26.1 Å². The summed E-state index contributed by atoms with van der Waals surface area (Å²) in [4.78, 5) is 0. The average molecular weight is 235 g/mol. The molecule has 0 aromatic heterocycles. The van der Waals surface area contributed by atoms with E-state index >= 15 is 0 Å². The second kappa shape index (κ2) is 8.11. The molecule has 0 bridgehead atoms. The first-order chi connectivity index (χ1) is 7.02. The second-order valence-corrected chi connectivity index (χ2v) is 6.43. The van der Waals surface area contributed by atoms with Crippen molar-refractivity contribution in [3.8, 4) is 0 Å². The predicted molar refractivity (Wildman–Crippen MR) is 65.9 cm³/mol. The lowest BCUT2D eigenvalue weighted by Crippen LogP contribution is -2.31. The van der Waals surface area contributed by atoms with Crippen molar-refractivity contribution in [3.63, 3.8) is 0 Å². The number of nitrogens with one attached hydrogen (secondary N) is 1. The highest BCUT2D eigenvalue weighted by Gasteiger charge is 2.10. The van der Waals surface area contributed by atoms with Crippen molar-refractivity contribution < 1.29 is 8.42 Å². The standard InChI is InChI=1S/C11H25NO2S/c1-4-6-7-9-15(13,14)10-8-12-11(3)5-2/h11-12H,4-10H2,1-3H3. The lowest BCUT2D eigenvalue weighted by atomic mass is 10.3. The lowest BCUT2D eigenvalue weighted by Gasteiger charge is -2.11. The van der Waals surface area contributed by atoms with Gasteiger partial charge in [-0.05, 0) is 19.8 Å². The van der Waals surface area contributed by atoms with Crippen molar-refractivity contribution >= 4 is 9.84 Å². The Balaban J connectivity index is 3.65. The Morgan fingerprint density at radius 3 is 2.33 bits per heavy atom. The maximum Gasteiger partial charge on any atom is 0.151 e. The Kier molecular flexibility index (Phi) is 8.06. The van der Waals surface area contributed by atoms with Crippen molar-refractivity contribution in [2.45, 2.75) is 52.5 Å². The first kappa shape index (κ1) is 14.9. The monoisotopic (exact) mass is 235 g/mol. The number of hydrogen-bond acceptors (Lipinski definition) is 3. The highest BCUT2D eigenvalue weighted by Crippen LogP contribution is 2.00. The molecule has 0 saturated heterocycles. The minimum atomic E-state index is -2.82. The SMILES string of the molecule is CCCCCS(=O)(=O)CCNC(C)CC. The molecule has 0 aliphatic rings. The van der Waals surface area contributed by atoms with Crippen LogP contribution in [0.4, 0.5) is 0 Å². The van der Waals surface area contributed by atoms with E-state index in [1.165, 1.54) is 0 Å². The summed E-state index contributed by atoms with van der Waals surface area (Å²) in [5.41, 5.74) is 0. The van der Waals surface area contributed by atoms with Crippen LogP contribution in [0.3, 0.4) is 0 Å². The largest absolute Gasteiger partial charge is 0.313 e. The molecule has 0 rings (SSSR count). The molecular weight excluding hydrogens is 210 g/mol. The molecule has 0 fully saturated rings. The van der Waals surface area contributed by atoms with Crippen LogP contribution in [0.5, 0.6) is 0 Å². The molecule has 15 heavy (non-hydrogen) atoms. The van der Waals surface area contributed by atoms with Crippen LogP contribution in [-0.2, 0) is 9.84 Å². The molecule has 1 N–H and O–H groups in total. The molecule has 0 aromatic carbocycles. The van der Waals surface area contributed by atoms with E-state index in [-0.39, 0.29) is 5.75 Å². The number of rotatable bonds is 9. The number of hydrogen-bond donors (Lipinski definition) is 1. The zero-order valence-electron chi connectivity index (χ0n) is 10.3. The van der Waals surface area contributed by atoms with E-state index in [1.54, 1.807) is 0 Å². The molecule has 0 amide bonds. The fraction of sp³-hybridized carbons (Fsp3) is 1.00. The van der Waals surface area contributed by atoms with Gasteiger partial charge in [-0.15, -0.1) is 0 Å². The summed E-state index contributed by atoms with van der Waals surface area (Å²) >= 11 is 0. The third-order valence-electron chi connectivity index (χ3n) is 2.58. The minimum absolute atomic E-state index is 0.279. The van der Waals surface area contributed by atoms with Crippen molar-refractivity contribution in [2.75, 3.05) is 18.1 Å². The molecular formula is C11H25NO2S. The van der Waals surface area contributed by atoms with Gasteiger partial charge in [-0.2, -0.15) is 0 Å². The van der Waals surface area contributed by atoms with Gasteiger partial charge in [0.15, 0.2) is 9.84 Å². The molecule has 0 aliphatic heterocycles. The average Bonchev–Trinajstić information content (AvgIpc) is 2.17. The molecule has 1 unspecified atom stereocenters. The molecule has 3 nitrogen and oxygen atoms in total. The van der Waals surface area contributed by atoms with Crippen LogP contribution in [0.1, 0.15) is 46.5 Å². The Morgan fingerprint density at radius 2 is 1.80 bits per heavy atom. The Morgan fingerprint density at radius 1 is 1.13 bits per heavy atom. The van der Waals surface area contributed by atoms with Gasteiger partial charge < -0.3 is 5.32 Å². The summed E-state index contributed by atoms with van der Waals surface area (Å²) in [6, 6.07) is 0.413. The van der Waals surface area contributed by atoms with E-state index < -0.39 is 9.84 Å². The van der Waals surface area contributed by atoms with Crippen LogP contribution in [0.15, 0.2) is 0 Å². The smallest absolute Gasteiger partial charge is 0.151 e. The predicted octanol–water partition coefficient (Wildman–Crippen LogP) is 1.98. The number of unbranched alkanes of at least 4 members (excludes halogenated alkanes) is 2. The Labute approximate surface area is 94.6 Å². The van der Waals surface area contributed by atoms with Gasteiger partial charge in [0.2, 0.25) is 0 Å². The molecule has 0 aliphatic carbocycles. The fourth-order valence-electron chi connectivity index (χ4n) is 1.28. The molecule has 0 heterocycles. The highest BCUT2D eigenvalue weighted by molar-refractivity contribution is 7.91. The van der Waals surface area contributed by atoms with E-state index in [4.69, 9.17) is 0 Å². The Hall–Kier alpha value is -0.0900. The maximum atomic E-state index is 11.5. The van der Waals surface area contributed by atoms with Gasteiger partial charge in [-0.3, -0.25) is 0 Å². The van der Waals surface area contributed by atoms with Gasteiger partial charge in [0.1, 0.15) is 0 Å². The summed E-state index contributed by atoms with van der Waals surface area (Å²) < 4.78 is 23.1. The van der Waals surface area contributed by atoms with Gasteiger partial charge in [0.25, 0.3) is 0 Å². The van der Waals surface area contributed by atoms with E-state index in [9.17, 15) is 8.42 Å². The molecule has 4 heteroatoms. The van der Waals surface area contributed by atoms with Crippen LogP contribution in [0, 0.1) is 0 Å². The van der Waals surface area contributed by atoms with Crippen LogP contribution >= 0.6 is 0 Å². The third-order valence-corrected chi connectivity index (χ3v) is 4.31. The van der Waals surface area contributed by atoms with E-state index in [0.717, 1.165) is 25.7 Å². The minimum Gasteiger partial charge on any atom is -0.313 e. The van der Waals surface area contributed by atoms with Crippen molar-refractivity contribution in [1.82, 2.24) is 5.32 Å². The highest BCUT2D eigenvalue weighted by atomic mass is 32.2. The van der Waals surface area contributed by atoms with Gasteiger partial charge in [-0.1, -0.05) is 26.7 Å². The van der Waals surface area contributed by atoms with Crippen LogP contribution in [0.2, 0.25) is 0 Å². The van der Waals surface area contributed by atoms with Crippen molar-refractivity contribution in [2.24, 2.45) is 0 Å². The van der Waals surface area contributed by atoms with Crippen LogP contribution in [0.25, 0.3) is 0 Å². The first-order valence-corrected chi connectivity index (χ1v) is 7.77. The quantitative estimate of drug-likeness (QED) is 0.622. The summed E-state index contributed by atoms with van der Waals surface area (Å²) in [6.07, 6.45) is 3.93. The van der Waals surface area contributed by atoms with Crippen molar-refractivity contribution in [3.05, 3.63) is 0 Å². The van der Waals surface area contributed by atoms with Gasteiger partial charge >= 0.3 is 0 Å². The summed E-state index contributed by atoms with van der Waals surface area (Å²) in [5.74, 6) is 0.629. The maximum absolute atomic E-state index is 11.5. The molecule has 0 saturated carbocycles. The third kappa shape index (κ3) is 8.88. The van der Waals surface area contributed by atoms with Crippen LogP contribution < -0.4 is 5.32 Å². The second-order valence-electron chi connectivity index (χ2n) is 4.12. The molecule has 0 spiro atoms. The molecule has 92 valence electrons. The summed E-state index contributed by atoms with van der Waals surface area (Å²) in [7, 11) is -2.82. The molecule has 1 atom stereocenters. The Bertz CT molecular complexity index is 237. The summed E-state index contributed by atoms with van der Waals surface area (Å²) in [6.45, 7) is 6.83. The van der Waals surface area contributed by atoms with Gasteiger partial charge in [0.05, 0.1) is 11.5 Å². The van der Waals surface area contributed by atoms with Crippen molar-refractivity contribution in [1.29, 1.82) is 0 Å². The van der Waals surface area contributed by atoms with Gasteiger partial charge in [0, 0.05) is 12.6 Å². The van der Waals surface area contributed by atoms with E-state index in [0.29, 0.717) is 18.3 Å². The fourth-order valence-corrected chi connectivity index (χ4v) is 2.56. The molecule has 0 aromatic rings. The summed E-state index contributed by atoms with van der Waals surface area (Å²) in [5, 5.41) is 3.20. The lowest BCUT2D eigenvalue weighted by molar-refractivity contribution is 0.543. The zero-order chi connectivity index (χ0) is 11.7. The normalized spacial score (nSPS) is 14.1. The molecule has 0 radical (unpaired) electrons.